The summed E-state index contributed by atoms with van der Waals surface area (Å²) in [7, 11) is 1.48. The number of carbonyl (C=O) groups excluding carboxylic acids is 3. The average molecular weight is 252 g/mol. The van der Waals surface area contributed by atoms with E-state index in [9.17, 15) is 14.4 Å². The fourth-order valence-corrected chi connectivity index (χ4v) is 1.06. The summed E-state index contributed by atoms with van der Waals surface area (Å²) >= 11 is 0. The lowest BCUT2D eigenvalue weighted by molar-refractivity contribution is -0.136. The van der Waals surface area contributed by atoms with Gasteiger partial charge in [-0.05, 0) is 12.1 Å². The fourth-order valence-electron chi connectivity index (χ4n) is 1.06. The number of primary amides is 1. The number of ether oxygens (including phenoxy) is 1. The number of carbonyl (C=O) groups is 3. The van der Waals surface area contributed by atoms with Crippen LogP contribution in [0.25, 0.3) is 0 Å². The van der Waals surface area contributed by atoms with Gasteiger partial charge in [-0.3, -0.25) is 15.0 Å². The van der Waals surface area contributed by atoms with Crippen molar-refractivity contribution in [3.8, 4) is 5.75 Å². The molecule has 0 aromatic heterocycles. The number of hydrogen-bond donors (Lipinski definition) is 4. The topological polar surface area (TPSA) is 123 Å². The van der Waals surface area contributed by atoms with Gasteiger partial charge in [-0.2, -0.15) is 0 Å². The van der Waals surface area contributed by atoms with Crippen molar-refractivity contribution < 1.29 is 19.1 Å². The highest BCUT2D eigenvalue weighted by atomic mass is 16.5. The third-order valence-electron chi connectivity index (χ3n) is 1.83. The number of hydrazine groups is 1. The quantitative estimate of drug-likeness (QED) is 0.412. The Morgan fingerprint density at radius 2 is 1.89 bits per heavy atom. The van der Waals surface area contributed by atoms with Gasteiger partial charge in [0.25, 0.3) is 0 Å². The molecule has 96 valence electrons. The van der Waals surface area contributed by atoms with Crippen molar-refractivity contribution in [3.63, 3.8) is 0 Å². The van der Waals surface area contributed by atoms with Crippen molar-refractivity contribution in [2.24, 2.45) is 5.73 Å². The molecule has 0 atom stereocenters. The van der Waals surface area contributed by atoms with E-state index in [1.54, 1.807) is 23.6 Å². The van der Waals surface area contributed by atoms with Crippen molar-refractivity contribution in [2.75, 3.05) is 12.4 Å². The van der Waals surface area contributed by atoms with Gasteiger partial charge in [-0.25, -0.2) is 10.2 Å². The SMILES string of the molecule is COc1cccc(NC(=O)C(=O)NNC(N)=O)c1. The van der Waals surface area contributed by atoms with Crippen LogP contribution in [-0.2, 0) is 9.59 Å². The van der Waals surface area contributed by atoms with Crippen molar-refractivity contribution in [1.82, 2.24) is 10.9 Å². The molecule has 18 heavy (non-hydrogen) atoms. The first kappa shape index (κ1) is 13.3. The highest BCUT2D eigenvalue weighted by molar-refractivity contribution is 6.39. The lowest BCUT2D eigenvalue weighted by Crippen LogP contribution is -2.48. The van der Waals surface area contributed by atoms with E-state index in [4.69, 9.17) is 10.5 Å². The number of anilines is 1. The van der Waals surface area contributed by atoms with E-state index in [1.165, 1.54) is 13.2 Å². The Balaban J connectivity index is 2.58. The van der Waals surface area contributed by atoms with Crippen molar-refractivity contribution >= 4 is 23.5 Å². The van der Waals surface area contributed by atoms with Crippen LogP contribution < -0.4 is 26.6 Å². The maximum absolute atomic E-state index is 11.4. The van der Waals surface area contributed by atoms with Crippen molar-refractivity contribution in [1.29, 1.82) is 0 Å². The molecule has 8 heteroatoms. The van der Waals surface area contributed by atoms with Gasteiger partial charge in [0.1, 0.15) is 5.75 Å². The van der Waals surface area contributed by atoms with Gasteiger partial charge in [0.05, 0.1) is 7.11 Å². The summed E-state index contributed by atoms with van der Waals surface area (Å²) in [5.74, 6) is -1.46. The Morgan fingerprint density at radius 3 is 2.50 bits per heavy atom. The number of nitrogens with two attached hydrogens (primary N) is 1. The van der Waals surface area contributed by atoms with Gasteiger partial charge < -0.3 is 15.8 Å². The number of benzene rings is 1. The predicted octanol–water partition coefficient (Wildman–Crippen LogP) is -0.667. The molecule has 0 saturated carbocycles. The zero-order valence-corrected chi connectivity index (χ0v) is 9.52. The van der Waals surface area contributed by atoms with Gasteiger partial charge in [-0.1, -0.05) is 6.07 Å². The van der Waals surface area contributed by atoms with E-state index in [-0.39, 0.29) is 0 Å². The van der Waals surface area contributed by atoms with E-state index in [0.29, 0.717) is 11.4 Å². The van der Waals surface area contributed by atoms with Crippen LogP contribution in [0.4, 0.5) is 10.5 Å². The van der Waals surface area contributed by atoms with Gasteiger partial charge in [0.2, 0.25) is 0 Å². The maximum Gasteiger partial charge on any atom is 0.330 e. The Morgan fingerprint density at radius 1 is 1.17 bits per heavy atom. The summed E-state index contributed by atoms with van der Waals surface area (Å²) in [6.07, 6.45) is 0. The molecule has 0 unspecified atom stereocenters. The summed E-state index contributed by atoms with van der Waals surface area (Å²) in [4.78, 5) is 32.9. The highest BCUT2D eigenvalue weighted by Gasteiger charge is 2.13. The summed E-state index contributed by atoms with van der Waals surface area (Å²) in [6.45, 7) is 0. The molecule has 5 N–H and O–H groups in total. The van der Waals surface area contributed by atoms with Crippen LogP contribution in [0.3, 0.4) is 0 Å². The second kappa shape index (κ2) is 6.09. The molecule has 8 nitrogen and oxygen atoms in total. The van der Waals surface area contributed by atoms with Crippen LogP contribution in [0.15, 0.2) is 24.3 Å². The van der Waals surface area contributed by atoms with Gasteiger partial charge in [-0.15, -0.1) is 0 Å². The molecule has 0 aliphatic rings. The molecular weight excluding hydrogens is 240 g/mol. The van der Waals surface area contributed by atoms with Crippen molar-refractivity contribution in [2.45, 2.75) is 0 Å². The van der Waals surface area contributed by atoms with Crippen LogP contribution in [0.1, 0.15) is 0 Å². The largest absolute Gasteiger partial charge is 0.497 e. The fraction of sp³-hybridized carbons (Fsp3) is 0.100. The first-order valence-corrected chi connectivity index (χ1v) is 4.83. The zero-order chi connectivity index (χ0) is 13.5. The second-order valence-corrected chi connectivity index (χ2v) is 3.13. The predicted molar refractivity (Wildman–Crippen MR) is 62.5 cm³/mol. The van der Waals surface area contributed by atoms with E-state index < -0.39 is 17.8 Å². The molecule has 0 aliphatic heterocycles. The van der Waals surface area contributed by atoms with Gasteiger partial charge >= 0.3 is 17.8 Å². The summed E-state index contributed by atoms with van der Waals surface area (Å²) in [5, 5.41) is 2.32. The Kier molecular flexibility index (Phi) is 4.50. The van der Waals surface area contributed by atoms with E-state index in [2.05, 4.69) is 5.32 Å². The number of urea groups is 1. The highest BCUT2D eigenvalue weighted by Crippen LogP contribution is 2.16. The molecule has 0 radical (unpaired) electrons. The first-order chi connectivity index (χ1) is 8.52. The monoisotopic (exact) mass is 252 g/mol. The molecule has 1 aromatic rings. The normalized spacial score (nSPS) is 9.17. The molecule has 0 heterocycles. The third-order valence-corrected chi connectivity index (χ3v) is 1.83. The minimum absolute atomic E-state index is 0.383. The first-order valence-electron chi connectivity index (χ1n) is 4.83. The molecule has 0 aliphatic carbocycles. The molecule has 1 aromatic carbocycles. The number of rotatable bonds is 2. The smallest absolute Gasteiger partial charge is 0.330 e. The number of methoxy groups -OCH3 is 1. The van der Waals surface area contributed by atoms with Gasteiger partial charge in [0.15, 0.2) is 0 Å². The van der Waals surface area contributed by atoms with Crippen LogP contribution in [-0.4, -0.2) is 25.0 Å². The second-order valence-electron chi connectivity index (χ2n) is 3.13. The molecule has 0 bridgehead atoms. The van der Waals surface area contributed by atoms with Gasteiger partial charge in [0, 0.05) is 11.8 Å². The van der Waals surface area contributed by atoms with E-state index >= 15 is 0 Å². The average Bonchev–Trinajstić information content (AvgIpc) is 2.36. The Hall–Kier alpha value is -2.77. The van der Waals surface area contributed by atoms with Crippen LogP contribution in [0, 0.1) is 0 Å². The Labute approximate surface area is 102 Å². The maximum atomic E-state index is 11.4. The van der Waals surface area contributed by atoms with Crippen LogP contribution >= 0.6 is 0 Å². The molecule has 0 saturated heterocycles. The summed E-state index contributed by atoms with van der Waals surface area (Å²) in [5.41, 5.74) is 8.71. The molecule has 4 amide bonds. The zero-order valence-electron chi connectivity index (χ0n) is 9.52. The van der Waals surface area contributed by atoms with E-state index in [0.717, 1.165) is 0 Å². The molecule has 1 rings (SSSR count). The standard InChI is InChI=1S/C10H12N4O4/c1-18-7-4-2-3-6(5-7)12-8(15)9(16)13-14-10(11)17/h2-5H,1H3,(H,12,15)(H,13,16)(H3,11,14,17). The number of amides is 4. The minimum Gasteiger partial charge on any atom is -0.497 e. The molecular formula is C10H12N4O4. The Bertz CT molecular complexity index is 475. The molecule has 0 spiro atoms. The number of hydrogen-bond acceptors (Lipinski definition) is 4. The lowest BCUT2D eigenvalue weighted by Gasteiger charge is -2.07. The minimum atomic E-state index is -1.04. The number of nitrogens with one attached hydrogen (secondary N) is 3. The summed E-state index contributed by atoms with van der Waals surface area (Å²) in [6, 6.07) is 5.47. The summed E-state index contributed by atoms with van der Waals surface area (Å²) < 4.78 is 4.95. The van der Waals surface area contributed by atoms with E-state index in [1.807, 2.05) is 5.43 Å². The van der Waals surface area contributed by atoms with Crippen LogP contribution in [0.2, 0.25) is 0 Å². The lowest BCUT2D eigenvalue weighted by atomic mass is 10.3. The van der Waals surface area contributed by atoms with Crippen LogP contribution in [0.5, 0.6) is 5.75 Å². The molecule has 0 fully saturated rings. The van der Waals surface area contributed by atoms with Crippen molar-refractivity contribution in [3.05, 3.63) is 24.3 Å². The third kappa shape index (κ3) is 4.00.